The van der Waals surface area contributed by atoms with E-state index in [0.717, 1.165) is 12.4 Å². The highest BCUT2D eigenvalue weighted by Crippen LogP contribution is 2.16. The van der Waals surface area contributed by atoms with Gasteiger partial charge in [-0.2, -0.15) is 0 Å². The summed E-state index contributed by atoms with van der Waals surface area (Å²) in [6.45, 7) is 0.864. The number of ether oxygens (including phenoxy) is 1. The van der Waals surface area contributed by atoms with E-state index in [2.05, 4.69) is 12.2 Å². The summed E-state index contributed by atoms with van der Waals surface area (Å²) < 4.78 is 5.11. The number of rotatable bonds is 1. The van der Waals surface area contributed by atoms with E-state index in [1.807, 2.05) is 0 Å². The quantitative estimate of drug-likeness (QED) is 0.497. The topological polar surface area (TPSA) is 9.23 Å². The average Bonchev–Trinajstić information content (AvgIpc) is 2.14. The minimum atomic E-state index is 0.204. The van der Waals surface area contributed by atoms with E-state index in [0.29, 0.717) is 0 Å². The molecule has 1 heterocycles. The third kappa shape index (κ3) is 1.40. The first-order chi connectivity index (χ1) is 3.43. The Morgan fingerprint density at radius 2 is 2.71 bits per heavy atom. The highest BCUT2D eigenvalue weighted by molar-refractivity contribution is 8.01. The maximum atomic E-state index is 5.11. The summed E-state index contributed by atoms with van der Waals surface area (Å²) in [5.74, 6) is 1.10. The van der Waals surface area contributed by atoms with Crippen LogP contribution in [0.1, 0.15) is 0 Å². The van der Waals surface area contributed by atoms with Crippen molar-refractivity contribution in [1.82, 2.24) is 0 Å². The number of thiocarbonyl (C=S) groups is 1. The van der Waals surface area contributed by atoms with E-state index >= 15 is 0 Å². The lowest BCUT2D eigenvalue weighted by Crippen LogP contribution is -1.98. The van der Waals surface area contributed by atoms with E-state index in [9.17, 15) is 0 Å². The molecule has 0 bridgehead atoms. The molecule has 0 aromatic carbocycles. The number of hydrogen-bond donors (Lipinski definition) is 0. The van der Waals surface area contributed by atoms with Crippen LogP contribution in [0.4, 0.5) is 0 Å². The second-order valence-corrected chi connectivity index (χ2v) is 2.72. The molecule has 0 N–H and O–H groups in total. The summed E-state index contributed by atoms with van der Waals surface area (Å²) in [6.07, 6.45) is 0. The Morgan fingerprint density at radius 3 is 3.00 bits per heavy atom. The van der Waals surface area contributed by atoms with E-state index in [1.165, 1.54) is 0 Å². The standard InChI is InChI=1S/C4H6OS2/c6-3-4-5-1-2-7-4/h3-4H,1-2H2. The van der Waals surface area contributed by atoms with Gasteiger partial charge in [0.1, 0.15) is 5.44 Å². The predicted molar refractivity (Wildman–Crippen MR) is 35.9 cm³/mol. The summed E-state index contributed by atoms with van der Waals surface area (Å²) in [4.78, 5) is 0. The lowest BCUT2D eigenvalue weighted by atomic mass is 10.8. The molecule has 1 unspecified atom stereocenters. The lowest BCUT2D eigenvalue weighted by molar-refractivity contribution is 0.188. The van der Waals surface area contributed by atoms with Crippen LogP contribution in [-0.4, -0.2) is 23.2 Å². The van der Waals surface area contributed by atoms with Crippen molar-refractivity contribution in [2.45, 2.75) is 5.44 Å². The maximum Gasteiger partial charge on any atom is 0.131 e. The van der Waals surface area contributed by atoms with Gasteiger partial charge in [0.15, 0.2) is 0 Å². The van der Waals surface area contributed by atoms with Gasteiger partial charge >= 0.3 is 0 Å². The summed E-state index contributed by atoms with van der Waals surface area (Å²) >= 11 is 6.40. The molecule has 0 aliphatic carbocycles. The van der Waals surface area contributed by atoms with Crippen molar-refractivity contribution >= 4 is 29.3 Å². The molecule has 0 amide bonds. The van der Waals surface area contributed by atoms with E-state index < -0.39 is 0 Å². The van der Waals surface area contributed by atoms with Crippen LogP contribution in [0.2, 0.25) is 0 Å². The summed E-state index contributed by atoms with van der Waals surface area (Å²) in [5.41, 5.74) is 0.204. The lowest BCUT2D eigenvalue weighted by Gasteiger charge is -1.94. The van der Waals surface area contributed by atoms with Crippen LogP contribution >= 0.6 is 24.0 Å². The number of thioether (sulfide) groups is 1. The first-order valence-electron chi connectivity index (χ1n) is 2.12. The molecule has 0 saturated carbocycles. The fraction of sp³-hybridized carbons (Fsp3) is 0.750. The largest absolute Gasteiger partial charge is 0.362 e. The van der Waals surface area contributed by atoms with Crippen LogP contribution in [0, 0.1) is 0 Å². The molecule has 0 spiro atoms. The van der Waals surface area contributed by atoms with Crippen LogP contribution in [-0.2, 0) is 4.74 Å². The van der Waals surface area contributed by atoms with Crippen LogP contribution in [0.15, 0.2) is 0 Å². The van der Waals surface area contributed by atoms with Crippen molar-refractivity contribution in [3.8, 4) is 0 Å². The van der Waals surface area contributed by atoms with Crippen molar-refractivity contribution in [1.29, 1.82) is 0 Å². The summed E-state index contributed by atoms with van der Waals surface area (Å²) in [6, 6.07) is 0. The second kappa shape index (κ2) is 2.64. The van der Waals surface area contributed by atoms with Crippen LogP contribution < -0.4 is 0 Å². The predicted octanol–water partition coefficient (Wildman–Crippen LogP) is 1.08. The SMILES string of the molecule is S=CC1OCCS1. The van der Waals surface area contributed by atoms with Crippen molar-refractivity contribution in [3.05, 3.63) is 0 Å². The molecule has 1 saturated heterocycles. The second-order valence-electron chi connectivity index (χ2n) is 1.25. The van der Waals surface area contributed by atoms with E-state index in [4.69, 9.17) is 4.74 Å². The molecular formula is C4H6OS2. The molecule has 7 heavy (non-hydrogen) atoms. The van der Waals surface area contributed by atoms with Crippen molar-refractivity contribution in [2.75, 3.05) is 12.4 Å². The smallest absolute Gasteiger partial charge is 0.131 e. The summed E-state index contributed by atoms with van der Waals surface area (Å²) in [5, 5.41) is 1.66. The zero-order valence-electron chi connectivity index (χ0n) is 3.79. The van der Waals surface area contributed by atoms with Gasteiger partial charge < -0.3 is 4.74 Å². The molecule has 1 aliphatic heterocycles. The molecule has 1 fully saturated rings. The van der Waals surface area contributed by atoms with Crippen LogP contribution in [0.5, 0.6) is 0 Å². The van der Waals surface area contributed by atoms with E-state index in [1.54, 1.807) is 17.1 Å². The molecule has 1 atom stereocenters. The first-order valence-corrected chi connectivity index (χ1v) is 3.64. The Balaban J connectivity index is 2.26. The van der Waals surface area contributed by atoms with Gasteiger partial charge in [-0.1, -0.05) is 12.2 Å². The molecule has 0 radical (unpaired) electrons. The maximum absolute atomic E-state index is 5.11. The van der Waals surface area contributed by atoms with E-state index in [-0.39, 0.29) is 5.44 Å². The van der Waals surface area contributed by atoms with Crippen molar-refractivity contribution in [2.24, 2.45) is 0 Å². The Morgan fingerprint density at radius 1 is 1.86 bits per heavy atom. The molecule has 0 aromatic heterocycles. The first kappa shape index (κ1) is 5.54. The van der Waals surface area contributed by atoms with Gasteiger partial charge in [-0.25, -0.2) is 0 Å². The Bertz CT molecular complexity index is 68.1. The summed E-state index contributed by atoms with van der Waals surface area (Å²) in [7, 11) is 0. The normalized spacial score (nSPS) is 30.6. The molecule has 3 heteroatoms. The van der Waals surface area contributed by atoms with Gasteiger partial charge in [-0.15, -0.1) is 11.8 Å². The Kier molecular flexibility index (Phi) is 2.09. The highest BCUT2D eigenvalue weighted by Gasteiger charge is 2.10. The third-order valence-corrected chi connectivity index (χ3v) is 2.18. The molecular weight excluding hydrogens is 128 g/mol. The molecule has 1 rings (SSSR count). The van der Waals surface area contributed by atoms with Gasteiger partial charge in [0, 0.05) is 11.1 Å². The van der Waals surface area contributed by atoms with Gasteiger partial charge in [0.05, 0.1) is 6.61 Å². The average molecular weight is 134 g/mol. The highest BCUT2D eigenvalue weighted by atomic mass is 32.2. The molecule has 40 valence electrons. The van der Waals surface area contributed by atoms with Crippen LogP contribution in [0.25, 0.3) is 0 Å². The molecule has 1 aliphatic rings. The molecule has 1 nitrogen and oxygen atoms in total. The van der Waals surface area contributed by atoms with Crippen molar-refractivity contribution in [3.63, 3.8) is 0 Å². The minimum absolute atomic E-state index is 0.204. The monoisotopic (exact) mass is 134 g/mol. The van der Waals surface area contributed by atoms with Crippen LogP contribution in [0.3, 0.4) is 0 Å². The van der Waals surface area contributed by atoms with Gasteiger partial charge in [0.25, 0.3) is 0 Å². The Hall–Kier alpha value is 0.400. The van der Waals surface area contributed by atoms with Crippen molar-refractivity contribution < 1.29 is 4.74 Å². The Labute approximate surface area is 52.4 Å². The van der Waals surface area contributed by atoms with Gasteiger partial charge in [-0.3, -0.25) is 0 Å². The van der Waals surface area contributed by atoms with Gasteiger partial charge in [-0.05, 0) is 0 Å². The zero-order valence-corrected chi connectivity index (χ0v) is 5.43. The van der Waals surface area contributed by atoms with Gasteiger partial charge in [0.2, 0.25) is 0 Å². The number of hydrogen-bond acceptors (Lipinski definition) is 3. The molecule has 0 aromatic rings. The fourth-order valence-electron chi connectivity index (χ4n) is 0.455. The fourth-order valence-corrected chi connectivity index (χ4v) is 1.47. The zero-order chi connectivity index (χ0) is 5.11. The minimum Gasteiger partial charge on any atom is -0.362 e. The third-order valence-electron chi connectivity index (χ3n) is 0.759.